The number of hydrogen-bond donors (Lipinski definition) is 1. The Balaban J connectivity index is 2.83. The number of aliphatic hydroxyl groups is 1. The molecule has 0 heterocycles. The number of rotatable bonds is 4. The van der Waals surface area contributed by atoms with E-state index in [2.05, 4.69) is 5.10 Å². The summed E-state index contributed by atoms with van der Waals surface area (Å²) in [7, 11) is 1.65. The summed E-state index contributed by atoms with van der Waals surface area (Å²) in [4.78, 5) is 0. The van der Waals surface area contributed by atoms with Crippen molar-refractivity contribution in [3.8, 4) is 0 Å². The summed E-state index contributed by atoms with van der Waals surface area (Å²) < 4.78 is 37.3. The lowest BCUT2D eigenvalue weighted by Gasteiger charge is -2.19. The molecule has 0 aliphatic rings. The van der Waals surface area contributed by atoms with E-state index in [1.54, 1.807) is 27.8 Å². The van der Waals surface area contributed by atoms with Crippen LogP contribution in [0.1, 0.15) is 32.8 Å². The quantitative estimate of drug-likeness (QED) is 0.677. The molecule has 0 bridgehead atoms. The predicted octanol–water partition coefficient (Wildman–Crippen LogP) is 3.68. The SMILES string of the molecule is C/C(CC(C)(C)O)=N/N(C)c1ccc(C(F)(F)F)cc1. The van der Waals surface area contributed by atoms with Crippen molar-refractivity contribution in [3.63, 3.8) is 0 Å². The molecule has 1 rings (SSSR count). The molecule has 0 aromatic heterocycles. The first-order valence-electron chi connectivity index (χ1n) is 6.16. The Bertz CT molecular complexity index is 473. The molecule has 0 atom stereocenters. The maximum absolute atomic E-state index is 12.4. The highest BCUT2D eigenvalue weighted by Crippen LogP contribution is 2.30. The van der Waals surface area contributed by atoms with Gasteiger partial charge in [0.25, 0.3) is 0 Å². The van der Waals surface area contributed by atoms with Crippen LogP contribution < -0.4 is 5.01 Å². The van der Waals surface area contributed by atoms with Crippen LogP contribution in [0.4, 0.5) is 18.9 Å². The number of hydrazone groups is 1. The standard InChI is InChI=1S/C14H19F3N2O/c1-10(9-13(2,3)20)18-19(4)12-7-5-11(6-8-12)14(15,16)17/h5-8,20H,9H2,1-4H3/b18-10-. The van der Waals surface area contributed by atoms with Crippen molar-refractivity contribution < 1.29 is 18.3 Å². The Kier molecular flexibility index (Phi) is 4.81. The third-order valence-corrected chi connectivity index (χ3v) is 2.58. The summed E-state index contributed by atoms with van der Waals surface area (Å²) in [6.45, 7) is 5.10. The molecule has 0 radical (unpaired) electrons. The molecule has 0 aliphatic carbocycles. The molecule has 0 unspecified atom stereocenters. The fourth-order valence-electron chi connectivity index (χ4n) is 1.84. The van der Waals surface area contributed by atoms with E-state index in [0.29, 0.717) is 17.8 Å². The lowest BCUT2D eigenvalue weighted by Crippen LogP contribution is -2.23. The van der Waals surface area contributed by atoms with Crippen molar-refractivity contribution in [2.24, 2.45) is 5.10 Å². The number of alkyl halides is 3. The van der Waals surface area contributed by atoms with Crippen molar-refractivity contribution in [1.82, 2.24) is 0 Å². The van der Waals surface area contributed by atoms with Crippen molar-refractivity contribution in [3.05, 3.63) is 29.8 Å². The molecule has 6 heteroatoms. The Morgan fingerprint density at radius 2 is 1.70 bits per heavy atom. The van der Waals surface area contributed by atoms with Gasteiger partial charge in [0.05, 0.1) is 16.9 Å². The highest BCUT2D eigenvalue weighted by Gasteiger charge is 2.30. The fourth-order valence-corrected chi connectivity index (χ4v) is 1.84. The minimum absolute atomic E-state index is 0.387. The van der Waals surface area contributed by atoms with E-state index >= 15 is 0 Å². The minimum atomic E-state index is -4.34. The molecule has 3 nitrogen and oxygen atoms in total. The van der Waals surface area contributed by atoms with Crippen LogP contribution in [-0.2, 0) is 6.18 Å². The van der Waals surface area contributed by atoms with Crippen molar-refractivity contribution in [1.29, 1.82) is 0 Å². The predicted molar refractivity (Wildman–Crippen MR) is 73.9 cm³/mol. The van der Waals surface area contributed by atoms with Gasteiger partial charge in [-0.25, -0.2) is 0 Å². The van der Waals surface area contributed by atoms with Gasteiger partial charge in [-0.1, -0.05) is 0 Å². The Hall–Kier alpha value is -1.56. The third kappa shape index (κ3) is 5.21. The summed E-state index contributed by atoms with van der Waals surface area (Å²) in [6.07, 6.45) is -3.95. The van der Waals surface area contributed by atoms with Gasteiger partial charge < -0.3 is 5.11 Å². The zero-order chi connectivity index (χ0) is 15.6. The van der Waals surface area contributed by atoms with Crippen molar-refractivity contribution in [2.45, 2.75) is 39.0 Å². The molecule has 0 saturated carbocycles. The van der Waals surface area contributed by atoms with Crippen molar-refractivity contribution >= 4 is 11.4 Å². The summed E-state index contributed by atoms with van der Waals surface area (Å²) in [5.74, 6) is 0. The monoisotopic (exact) mass is 288 g/mol. The van der Waals surface area contributed by atoms with Gasteiger partial charge in [-0.2, -0.15) is 18.3 Å². The van der Waals surface area contributed by atoms with Crippen LogP contribution in [0.5, 0.6) is 0 Å². The number of halogens is 3. The molecule has 112 valence electrons. The third-order valence-electron chi connectivity index (χ3n) is 2.58. The van der Waals surface area contributed by atoms with E-state index in [1.165, 1.54) is 17.1 Å². The van der Waals surface area contributed by atoms with Gasteiger partial charge in [-0.05, 0) is 45.0 Å². The van der Waals surface area contributed by atoms with Gasteiger partial charge in [-0.3, -0.25) is 5.01 Å². The van der Waals surface area contributed by atoms with Gasteiger partial charge in [0.1, 0.15) is 0 Å². The topological polar surface area (TPSA) is 35.8 Å². The Morgan fingerprint density at radius 3 is 2.10 bits per heavy atom. The van der Waals surface area contributed by atoms with Gasteiger partial charge in [0, 0.05) is 19.2 Å². The number of benzene rings is 1. The van der Waals surface area contributed by atoms with Crippen LogP contribution in [-0.4, -0.2) is 23.5 Å². The highest BCUT2D eigenvalue weighted by atomic mass is 19.4. The molecular formula is C14H19F3N2O. The van der Waals surface area contributed by atoms with E-state index in [-0.39, 0.29) is 0 Å². The second-order valence-electron chi connectivity index (χ2n) is 5.39. The van der Waals surface area contributed by atoms with E-state index in [1.807, 2.05) is 0 Å². The molecular weight excluding hydrogens is 269 g/mol. The first-order chi connectivity index (χ1) is 8.99. The minimum Gasteiger partial charge on any atom is -0.390 e. The average Bonchev–Trinajstić information content (AvgIpc) is 2.25. The van der Waals surface area contributed by atoms with Gasteiger partial charge in [0.15, 0.2) is 0 Å². The maximum atomic E-state index is 12.4. The smallest absolute Gasteiger partial charge is 0.390 e. The molecule has 0 spiro atoms. The van der Waals surface area contributed by atoms with Gasteiger partial charge in [-0.15, -0.1) is 0 Å². The van der Waals surface area contributed by atoms with E-state index in [4.69, 9.17) is 0 Å². The Morgan fingerprint density at radius 1 is 1.20 bits per heavy atom. The average molecular weight is 288 g/mol. The molecule has 0 saturated heterocycles. The molecule has 1 aromatic carbocycles. The Labute approximate surface area is 116 Å². The molecule has 0 amide bonds. The largest absolute Gasteiger partial charge is 0.416 e. The molecule has 0 aliphatic heterocycles. The zero-order valence-corrected chi connectivity index (χ0v) is 12.0. The van der Waals surface area contributed by atoms with Crippen LogP contribution in [0, 0.1) is 0 Å². The lowest BCUT2D eigenvalue weighted by atomic mass is 10.0. The van der Waals surface area contributed by atoms with E-state index in [9.17, 15) is 18.3 Å². The molecule has 0 fully saturated rings. The fraction of sp³-hybridized carbons (Fsp3) is 0.500. The summed E-state index contributed by atoms with van der Waals surface area (Å²) in [5.41, 5.74) is -0.311. The van der Waals surface area contributed by atoms with Crippen LogP contribution in [0.3, 0.4) is 0 Å². The summed E-state index contributed by atoms with van der Waals surface area (Å²) in [5, 5.41) is 15.4. The highest BCUT2D eigenvalue weighted by molar-refractivity contribution is 5.83. The number of hydrogen-bond acceptors (Lipinski definition) is 3. The van der Waals surface area contributed by atoms with Gasteiger partial charge >= 0.3 is 6.18 Å². The normalized spacial score (nSPS) is 13.5. The van der Waals surface area contributed by atoms with Crippen LogP contribution in [0.15, 0.2) is 29.4 Å². The van der Waals surface area contributed by atoms with Crippen LogP contribution in [0.2, 0.25) is 0 Å². The summed E-state index contributed by atoms with van der Waals surface area (Å²) in [6, 6.07) is 4.77. The zero-order valence-electron chi connectivity index (χ0n) is 12.0. The van der Waals surface area contributed by atoms with Crippen LogP contribution >= 0.6 is 0 Å². The molecule has 1 N–H and O–H groups in total. The maximum Gasteiger partial charge on any atom is 0.416 e. The first-order valence-corrected chi connectivity index (χ1v) is 6.16. The second kappa shape index (κ2) is 5.83. The molecule has 1 aromatic rings. The first kappa shape index (κ1) is 16.5. The lowest BCUT2D eigenvalue weighted by molar-refractivity contribution is -0.137. The van der Waals surface area contributed by atoms with E-state index in [0.717, 1.165) is 12.1 Å². The molecule has 20 heavy (non-hydrogen) atoms. The second-order valence-corrected chi connectivity index (χ2v) is 5.39. The summed E-state index contributed by atoms with van der Waals surface area (Å²) >= 11 is 0. The number of anilines is 1. The van der Waals surface area contributed by atoms with E-state index < -0.39 is 17.3 Å². The van der Waals surface area contributed by atoms with Crippen molar-refractivity contribution in [2.75, 3.05) is 12.1 Å². The van der Waals surface area contributed by atoms with Gasteiger partial charge in [0.2, 0.25) is 0 Å². The number of nitrogens with zero attached hydrogens (tertiary/aromatic N) is 2. The van der Waals surface area contributed by atoms with Crippen LogP contribution in [0.25, 0.3) is 0 Å².